The van der Waals surface area contributed by atoms with Crippen molar-refractivity contribution < 1.29 is 9.50 Å². The van der Waals surface area contributed by atoms with E-state index in [4.69, 9.17) is 5.73 Å². The van der Waals surface area contributed by atoms with Gasteiger partial charge in [-0.2, -0.15) is 0 Å². The lowest BCUT2D eigenvalue weighted by Crippen LogP contribution is -2.37. The molecule has 0 spiro atoms. The van der Waals surface area contributed by atoms with Crippen LogP contribution in [0.5, 0.6) is 0 Å². The minimum atomic E-state index is -0.227. The molecule has 0 amide bonds. The van der Waals surface area contributed by atoms with Gasteiger partial charge in [0.2, 0.25) is 0 Å². The molecule has 94 valence electrons. The average molecular weight is 238 g/mol. The topological polar surface area (TPSA) is 49.5 Å². The molecule has 1 saturated carbocycles. The zero-order valence-corrected chi connectivity index (χ0v) is 10.1. The highest BCUT2D eigenvalue weighted by Crippen LogP contribution is 2.31. The number of aliphatic hydroxyl groups excluding tert-OH is 1. The van der Waals surface area contributed by atoms with Gasteiger partial charge in [0.05, 0.1) is 11.8 Å². The molecular formula is C13H19FN2O. The third kappa shape index (κ3) is 2.58. The van der Waals surface area contributed by atoms with E-state index in [0.717, 1.165) is 24.9 Å². The molecule has 1 aromatic carbocycles. The molecule has 0 heterocycles. The molecule has 0 aromatic heterocycles. The van der Waals surface area contributed by atoms with E-state index in [-0.39, 0.29) is 11.9 Å². The maximum atomic E-state index is 13.8. The largest absolute Gasteiger partial charge is 0.393 e. The minimum absolute atomic E-state index is 0.164. The van der Waals surface area contributed by atoms with E-state index in [9.17, 15) is 9.50 Å². The lowest BCUT2D eigenvalue weighted by Gasteiger charge is -2.35. The van der Waals surface area contributed by atoms with Crippen molar-refractivity contribution in [2.24, 2.45) is 11.7 Å². The van der Waals surface area contributed by atoms with E-state index in [1.165, 1.54) is 6.07 Å². The summed E-state index contributed by atoms with van der Waals surface area (Å²) in [6, 6.07) is 4.99. The van der Waals surface area contributed by atoms with Crippen LogP contribution in [0.4, 0.5) is 10.1 Å². The standard InChI is InChI=1S/C13H19FN2O/c1-16(8-9-5-11(17)6-9)13-10(7-15)3-2-4-12(13)14/h2-4,9,11,17H,5-8,15H2,1H3. The molecule has 3 N–H and O–H groups in total. The van der Waals surface area contributed by atoms with Crippen molar-refractivity contribution in [2.45, 2.75) is 25.5 Å². The van der Waals surface area contributed by atoms with Crippen molar-refractivity contribution >= 4 is 5.69 Å². The Morgan fingerprint density at radius 3 is 2.76 bits per heavy atom. The molecule has 0 atom stereocenters. The van der Waals surface area contributed by atoms with Crippen LogP contribution in [0.2, 0.25) is 0 Å². The molecule has 1 fully saturated rings. The number of hydrogen-bond donors (Lipinski definition) is 2. The Kier molecular flexibility index (Phi) is 3.64. The number of rotatable bonds is 4. The molecule has 0 aliphatic heterocycles. The van der Waals surface area contributed by atoms with E-state index in [1.807, 2.05) is 18.0 Å². The summed E-state index contributed by atoms with van der Waals surface area (Å²) in [6.07, 6.45) is 1.47. The molecule has 0 radical (unpaired) electrons. The van der Waals surface area contributed by atoms with Gasteiger partial charge in [0, 0.05) is 20.1 Å². The van der Waals surface area contributed by atoms with Gasteiger partial charge >= 0.3 is 0 Å². The predicted octanol–water partition coefficient (Wildman–Crippen LogP) is 1.49. The SMILES string of the molecule is CN(CC1CC(O)C1)c1c(F)cccc1CN. The van der Waals surface area contributed by atoms with Gasteiger partial charge in [-0.3, -0.25) is 0 Å². The number of anilines is 1. The van der Waals surface area contributed by atoms with Crippen molar-refractivity contribution in [3.05, 3.63) is 29.6 Å². The highest BCUT2D eigenvalue weighted by Gasteiger charge is 2.28. The summed E-state index contributed by atoms with van der Waals surface area (Å²) in [5.74, 6) is 0.232. The molecule has 17 heavy (non-hydrogen) atoms. The fourth-order valence-electron chi connectivity index (χ4n) is 2.48. The predicted molar refractivity (Wildman–Crippen MR) is 66.3 cm³/mol. The summed E-state index contributed by atoms with van der Waals surface area (Å²) in [6.45, 7) is 1.11. The number of aliphatic hydroxyl groups is 1. The van der Waals surface area contributed by atoms with Gasteiger partial charge in [-0.25, -0.2) is 4.39 Å². The first kappa shape index (κ1) is 12.3. The van der Waals surface area contributed by atoms with Gasteiger partial charge in [0.25, 0.3) is 0 Å². The fraction of sp³-hybridized carbons (Fsp3) is 0.538. The molecule has 0 unspecified atom stereocenters. The van der Waals surface area contributed by atoms with Crippen LogP contribution in [0.1, 0.15) is 18.4 Å². The van der Waals surface area contributed by atoms with Crippen LogP contribution >= 0.6 is 0 Å². The summed E-state index contributed by atoms with van der Waals surface area (Å²) < 4.78 is 13.8. The summed E-state index contributed by atoms with van der Waals surface area (Å²) >= 11 is 0. The number of hydrogen-bond acceptors (Lipinski definition) is 3. The second-order valence-corrected chi connectivity index (χ2v) is 4.82. The number of nitrogens with zero attached hydrogens (tertiary/aromatic N) is 1. The first-order valence-electron chi connectivity index (χ1n) is 5.98. The molecule has 1 aliphatic rings. The Bertz CT molecular complexity index is 391. The number of para-hydroxylation sites is 1. The monoisotopic (exact) mass is 238 g/mol. The van der Waals surface area contributed by atoms with Gasteiger partial charge in [0.15, 0.2) is 0 Å². The van der Waals surface area contributed by atoms with Crippen molar-refractivity contribution in [2.75, 3.05) is 18.5 Å². The van der Waals surface area contributed by atoms with Crippen LogP contribution in [0.3, 0.4) is 0 Å². The molecule has 0 bridgehead atoms. The van der Waals surface area contributed by atoms with Gasteiger partial charge < -0.3 is 15.7 Å². The summed E-state index contributed by atoms with van der Waals surface area (Å²) in [4.78, 5) is 1.91. The van der Waals surface area contributed by atoms with Crippen LogP contribution in [0.25, 0.3) is 0 Å². The Morgan fingerprint density at radius 2 is 2.18 bits per heavy atom. The quantitative estimate of drug-likeness (QED) is 0.835. The summed E-state index contributed by atoms with van der Waals surface area (Å²) in [5, 5.41) is 9.24. The Morgan fingerprint density at radius 1 is 1.47 bits per heavy atom. The fourth-order valence-corrected chi connectivity index (χ4v) is 2.48. The van der Waals surface area contributed by atoms with E-state index >= 15 is 0 Å². The molecule has 1 aliphatic carbocycles. The van der Waals surface area contributed by atoms with Gasteiger partial charge in [-0.05, 0) is 30.4 Å². The highest BCUT2D eigenvalue weighted by molar-refractivity contribution is 5.54. The first-order chi connectivity index (χ1) is 8.11. The molecule has 3 nitrogen and oxygen atoms in total. The third-order valence-electron chi connectivity index (χ3n) is 3.41. The third-order valence-corrected chi connectivity index (χ3v) is 3.41. The van der Waals surface area contributed by atoms with Crippen LogP contribution in [-0.4, -0.2) is 24.8 Å². The van der Waals surface area contributed by atoms with E-state index in [0.29, 0.717) is 18.2 Å². The summed E-state index contributed by atoms with van der Waals surface area (Å²) in [7, 11) is 1.88. The highest BCUT2D eigenvalue weighted by atomic mass is 19.1. The number of halogens is 1. The van der Waals surface area contributed by atoms with E-state index in [2.05, 4.69) is 0 Å². The van der Waals surface area contributed by atoms with Crippen LogP contribution in [0, 0.1) is 11.7 Å². The first-order valence-corrected chi connectivity index (χ1v) is 5.98. The van der Waals surface area contributed by atoms with Gasteiger partial charge in [-0.15, -0.1) is 0 Å². The second-order valence-electron chi connectivity index (χ2n) is 4.82. The van der Waals surface area contributed by atoms with Crippen LogP contribution in [-0.2, 0) is 6.54 Å². The lowest BCUT2D eigenvalue weighted by molar-refractivity contribution is 0.0464. The molecular weight excluding hydrogens is 219 g/mol. The van der Waals surface area contributed by atoms with Crippen molar-refractivity contribution in [1.82, 2.24) is 0 Å². The average Bonchev–Trinajstić information content (AvgIpc) is 2.26. The van der Waals surface area contributed by atoms with E-state index < -0.39 is 0 Å². The minimum Gasteiger partial charge on any atom is -0.393 e. The number of benzene rings is 1. The smallest absolute Gasteiger partial charge is 0.146 e. The van der Waals surface area contributed by atoms with Crippen molar-refractivity contribution in [3.63, 3.8) is 0 Å². The normalized spacial score (nSPS) is 23.3. The zero-order valence-electron chi connectivity index (χ0n) is 10.1. The zero-order chi connectivity index (χ0) is 12.4. The Labute approximate surface area is 101 Å². The number of nitrogens with two attached hydrogens (primary N) is 1. The molecule has 2 rings (SSSR count). The van der Waals surface area contributed by atoms with Crippen molar-refractivity contribution in [3.8, 4) is 0 Å². The van der Waals surface area contributed by atoms with Crippen LogP contribution < -0.4 is 10.6 Å². The Balaban J connectivity index is 2.10. The molecule has 4 heteroatoms. The Hall–Kier alpha value is -1.13. The van der Waals surface area contributed by atoms with E-state index in [1.54, 1.807) is 6.07 Å². The molecule has 0 saturated heterocycles. The van der Waals surface area contributed by atoms with Crippen LogP contribution in [0.15, 0.2) is 18.2 Å². The van der Waals surface area contributed by atoms with Crippen molar-refractivity contribution in [1.29, 1.82) is 0 Å². The lowest BCUT2D eigenvalue weighted by atomic mass is 9.82. The second kappa shape index (κ2) is 5.02. The molecule has 1 aromatic rings. The summed E-state index contributed by atoms with van der Waals surface area (Å²) in [5.41, 5.74) is 7.04. The van der Waals surface area contributed by atoms with Gasteiger partial charge in [-0.1, -0.05) is 12.1 Å². The maximum absolute atomic E-state index is 13.8. The van der Waals surface area contributed by atoms with Gasteiger partial charge in [0.1, 0.15) is 5.82 Å². The maximum Gasteiger partial charge on any atom is 0.146 e.